The van der Waals surface area contributed by atoms with E-state index in [9.17, 15) is 9.59 Å². The van der Waals surface area contributed by atoms with E-state index in [2.05, 4.69) is 19.1 Å². The molecule has 0 radical (unpaired) electrons. The Kier molecular flexibility index (Phi) is 4.31. The first kappa shape index (κ1) is 19.4. The second-order valence-corrected chi connectivity index (χ2v) is 9.91. The quantitative estimate of drug-likeness (QED) is 0.328. The molecular weight excluding hydrogens is 440 g/mol. The minimum absolute atomic E-state index is 0.109. The van der Waals surface area contributed by atoms with Gasteiger partial charge in [-0.3, -0.25) is 14.5 Å². The van der Waals surface area contributed by atoms with Crippen molar-refractivity contribution in [1.29, 1.82) is 0 Å². The van der Waals surface area contributed by atoms with Crippen molar-refractivity contribution >= 4 is 54.9 Å². The Hall–Kier alpha value is -3.29. The fraction of sp³-hybridized carbons (Fsp3) is 0.160. The summed E-state index contributed by atoms with van der Waals surface area (Å²) in [5.74, 6) is -0.217. The highest BCUT2D eigenvalue weighted by Gasteiger charge is 2.45. The summed E-state index contributed by atoms with van der Waals surface area (Å²) >= 11 is 2.98. The lowest BCUT2D eigenvalue weighted by Crippen LogP contribution is -2.28. The number of anilines is 1. The molecule has 3 aromatic heterocycles. The summed E-state index contributed by atoms with van der Waals surface area (Å²) in [5.41, 5.74) is 3.69. The molecule has 1 aliphatic rings. The predicted molar refractivity (Wildman–Crippen MR) is 129 cm³/mol. The minimum atomic E-state index is -0.551. The van der Waals surface area contributed by atoms with Crippen LogP contribution in [0.2, 0.25) is 0 Å². The zero-order valence-electron chi connectivity index (χ0n) is 17.4. The number of fused-ring (bicyclic) bond motifs is 3. The number of carbonyl (C=O) groups is 1. The standard InChI is InChI=1S/C25H18N2O3S2/c1-3-14-7-8-16-19(12-14)32-25(26-16)27-21(18-5-4-10-31-18)20-22(28)15-11-13(2)6-9-17(15)30-23(20)24(27)29/h4-12,21H,3H2,1-2H3/t21-/m0/s1. The third-order valence-corrected chi connectivity index (χ3v) is 7.84. The van der Waals surface area contributed by atoms with Crippen LogP contribution >= 0.6 is 22.7 Å². The van der Waals surface area contributed by atoms with Crippen molar-refractivity contribution in [3.05, 3.63) is 91.5 Å². The Labute approximate surface area is 191 Å². The summed E-state index contributed by atoms with van der Waals surface area (Å²) < 4.78 is 7.05. The first-order valence-corrected chi connectivity index (χ1v) is 12.1. The Morgan fingerprint density at radius 3 is 2.78 bits per heavy atom. The van der Waals surface area contributed by atoms with Crippen LogP contribution in [0, 0.1) is 6.92 Å². The molecule has 5 aromatic rings. The molecule has 6 rings (SSSR count). The summed E-state index contributed by atoms with van der Waals surface area (Å²) in [6.07, 6.45) is 0.930. The third-order valence-electron chi connectivity index (χ3n) is 5.89. The number of nitrogens with zero attached hydrogens (tertiary/aromatic N) is 2. The Morgan fingerprint density at radius 2 is 2.00 bits per heavy atom. The number of rotatable bonds is 3. The lowest BCUT2D eigenvalue weighted by atomic mass is 10.0. The second-order valence-electron chi connectivity index (χ2n) is 7.92. The van der Waals surface area contributed by atoms with E-state index in [1.165, 1.54) is 28.2 Å². The molecule has 0 spiro atoms. The highest BCUT2D eigenvalue weighted by atomic mass is 32.1. The molecule has 0 unspecified atom stereocenters. The average molecular weight is 459 g/mol. The number of hydrogen-bond donors (Lipinski definition) is 0. The Morgan fingerprint density at radius 1 is 1.12 bits per heavy atom. The fourth-order valence-corrected chi connectivity index (χ4v) is 6.16. The molecule has 32 heavy (non-hydrogen) atoms. The zero-order chi connectivity index (χ0) is 22.0. The minimum Gasteiger partial charge on any atom is -0.450 e. The molecule has 0 N–H and O–H groups in total. The Balaban J connectivity index is 1.61. The molecule has 1 aliphatic heterocycles. The van der Waals surface area contributed by atoms with Crippen molar-refractivity contribution in [1.82, 2.24) is 4.98 Å². The van der Waals surface area contributed by atoms with Gasteiger partial charge in [-0.15, -0.1) is 11.3 Å². The molecule has 1 amide bonds. The predicted octanol–water partition coefficient (Wildman–Crippen LogP) is 6.08. The normalized spacial score (nSPS) is 15.8. The number of amides is 1. The van der Waals surface area contributed by atoms with Crippen molar-refractivity contribution in [2.75, 3.05) is 4.90 Å². The van der Waals surface area contributed by atoms with E-state index >= 15 is 0 Å². The first-order valence-electron chi connectivity index (χ1n) is 10.4. The second kappa shape index (κ2) is 7.12. The molecule has 1 atom stereocenters. The van der Waals surface area contributed by atoms with Crippen molar-refractivity contribution in [2.24, 2.45) is 0 Å². The maximum absolute atomic E-state index is 13.6. The van der Waals surface area contributed by atoms with E-state index in [0.29, 0.717) is 21.7 Å². The largest absolute Gasteiger partial charge is 0.450 e. The van der Waals surface area contributed by atoms with E-state index in [1.807, 2.05) is 42.6 Å². The van der Waals surface area contributed by atoms with Crippen LogP contribution in [0.4, 0.5) is 5.13 Å². The van der Waals surface area contributed by atoms with Gasteiger partial charge < -0.3 is 4.42 Å². The maximum Gasteiger partial charge on any atom is 0.297 e. The van der Waals surface area contributed by atoms with Gasteiger partial charge in [0.25, 0.3) is 5.91 Å². The van der Waals surface area contributed by atoms with Gasteiger partial charge in [-0.25, -0.2) is 4.98 Å². The van der Waals surface area contributed by atoms with Crippen LogP contribution in [-0.2, 0) is 6.42 Å². The van der Waals surface area contributed by atoms with E-state index in [1.54, 1.807) is 11.0 Å². The van der Waals surface area contributed by atoms with E-state index in [0.717, 1.165) is 27.1 Å². The number of thiophene rings is 1. The molecule has 2 aromatic carbocycles. The number of benzene rings is 2. The van der Waals surface area contributed by atoms with Gasteiger partial charge in [-0.1, -0.05) is 42.0 Å². The number of carbonyl (C=O) groups excluding carboxylic acids is 1. The first-order chi connectivity index (χ1) is 15.5. The number of hydrogen-bond acceptors (Lipinski definition) is 6. The van der Waals surface area contributed by atoms with Crippen molar-refractivity contribution in [3.63, 3.8) is 0 Å². The van der Waals surface area contributed by atoms with E-state index in [-0.39, 0.29) is 17.1 Å². The van der Waals surface area contributed by atoms with Gasteiger partial charge in [0.2, 0.25) is 5.76 Å². The van der Waals surface area contributed by atoms with Crippen LogP contribution in [0.1, 0.15) is 45.1 Å². The van der Waals surface area contributed by atoms with Crippen LogP contribution in [0.25, 0.3) is 21.2 Å². The molecule has 0 fully saturated rings. The van der Waals surface area contributed by atoms with Gasteiger partial charge in [0.1, 0.15) is 11.6 Å². The highest BCUT2D eigenvalue weighted by Crippen LogP contribution is 2.44. The van der Waals surface area contributed by atoms with Gasteiger partial charge in [0.05, 0.1) is 21.2 Å². The van der Waals surface area contributed by atoms with Gasteiger partial charge in [0.15, 0.2) is 10.6 Å². The molecule has 7 heteroatoms. The number of thiazole rings is 1. The molecule has 4 heterocycles. The Bertz CT molecular complexity index is 1580. The molecule has 5 nitrogen and oxygen atoms in total. The van der Waals surface area contributed by atoms with Gasteiger partial charge in [-0.2, -0.15) is 0 Å². The van der Waals surface area contributed by atoms with E-state index < -0.39 is 6.04 Å². The summed E-state index contributed by atoms with van der Waals surface area (Å²) in [6.45, 7) is 4.05. The van der Waals surface area contributed by atoms with Crippen molar-refractivity contribution < 1.29 is 9.21 Å². The number of aryl methyl sites for hydroxylation is 2. The van der Waals surface area contributed by atoms with Gasteiger partial charge in [-0.05, 0) is 54.6 Å². The monoisotopic (exact) mass is 458 g/mol. The summed E-state index contributed by atoms with van der Waals surface area (Å²) in [5, 5.41) is 3.02. The third kappa shape index (κ3) is 2.78. The average Bonchev–Trinajstić information content (AvgIpc) is 3.52. The maximum atomic E-state index is 13.6. The smallest absolute Gasteiger partial charge is 0.297 e. The van der Waals surface area contributed by atoms with Crippen LogP contribution in [0.15, 0.2) is 63.1 Å². The molecule has 0 saturated heterocycles. The molecule has 0 saturated carbocycles. The fourth-order valence-electron chi connectivity index (χ4n) is 4.28. The van der Waals surface area contributed by atoms with Crippen LogP contribution in [0.3, 0.4) is 0 Å². The lowest BCUT2D eigenvalue weighted by molar-refractivity contribution is 0.0971. The zero-order valence-corrected chi connectivity index (χ0v) is 19.0. The van der Waals surface area contributed by atoms with Gasteiger partial charge >= 0.3 is 0 Å². The lowest BCUT2D eigenvalue weighted by Gasteiger charge is -2.20. The van der Waals surface area contributed by atoms with E-state index in [4.69, 9.17) is 9.40 Å². The summed E-state index contributed by atoms with van der Waals surface area (Å²) in [4.78, 5) is 34.5. The van der Waals surface area contributed by atoms with Crippen LogP contribution in [-0.4, -0.2) is 10.9 Å². The van der Waals surface area contributed by atoms with Crippen molar-refractivity contribution in [3.8, 4) is 0 Å². The summed E-state index contributed by atoms with van der Waals surface area (Å²) in [6, 6.07) is 15.0. The SMILES string of the molecule is CCc1ccc2nc(N3C(=O)c4oc5ccc(C)cc5c(=O)c4[C@@H]3c3cccs3)sc2c1. The molecule has 0 bridgehead atoms. The summed E-state index contributed by atoms with van der Waals surface area (Å²) in [7, 11) is 0. The molecule has 158 valence electrons. The van der Waals surface area contributed by atoms with Crippen molar-refractivity contribution in [2.45, 2.75) is 26.3 Å². The van der Waals surface area contributed by atoms with Gasteiger partial charge in [0, 0.05) is 4.88 Å². The molecular formula is C25H18N2O3S2. The number of aromatic nitrogens is 1. The topological polar surface area (TPSA) is 63.4 Å². The van der Waals surface area contributed by atoms with Crippen LogP contribution in [0.5, 0.6) is 0 Å². The molecule has 0 aliphatic carbocycles. The highest BCUT2D eigenvalue weighted by molar-refractivity contribution is 7.22. The van der Waals surface area contributed by atoms with Crippen LogP contribution < -0.4 is 10.3 Å².